The maximum atomic E-state index is 14.3. The van der Waals surface area contributed by atoms with Crippen molar-refractivity contribution in [3.05, 3.63) is 36.1 Å². The van der Waals surface area contributed by atoms with Crippen molar-refractivity contribution in [2.45, 2.75) is 38.6 Å². The molecule has 2 aromatic heterocycles. The molecule has 2 bridgehead atoms. The SMILES string of the molecule is CC12CC(F)=CN=C1NCCCNC(=O)c1cnn3ccc(nc13)N1CCC[C@@H]12. The molecule has 0 spiro atoms. The Labute approximate surface area is 167 Å². The summed E-state index contributed by atoms with van der Waals surface area (Å²) in [7, 11) is 0. The second kappa shape index (κ2) is 6.82. The third-order valence-corrected chi connectivity index (χ3v) is 6.22. The summed E-state index contributed by atoms with van der Waals surface area (Å²) in [5.41, 5.74) is 0.530. The van der Waals surface area contributed by atoms with Gasteiger partial charge in [0.2, 0.25) is 0 Å². The lowest BCUT2D eigenvalue weighted by Crippen LogP contribution is -2.53. The average molecular weight is 397 g/mol. The van der Waals surface area contributed by atoms with E-state index in [1.54, 1.807) is 10.7 Å². The largest absolute Gasteiger partial charge is 0.373 e. The predicted molar refractivity (Wildman–Crippen MR) is 108 cm³/mol. The van der Waals surface area contributed by atoms with Gasteiger partial charge in [-0.15, -0.1) is 0 Å². The number of amidine groups is 1. The Kier molecular flexibility index (Phi) is 4.25. The van der Waals surface area contributed by atoms with Gasteiger partial charge in [-0.3, -0.25) is 4.79 Å². The number of allylic oxidation sites excluding steroid dienone is 1. The molecule has 1 unspecified atom stereocenters. The van der Waals surface area contributed by atoms with Crippen molar-refractivity contribution in [3.63, 3.8) is 0 Å². The first-order valence-electron chi connectivity index (χ1n) is 10.1. The van der Waals surface area contributed by atoms with E-state index in [9.17, 15) is 9.18 Å². The molecular weight excluding hydrogens is 373 g/mol. The van der Waals surface area contributed by atoms with Crippen LogP contribution in [0.4, 0.5) is 10.2 Å². The third kappa shape index (κ3) is 2.95. The Balaban J connectivity index is 1.62. The molecule has 2 atom stereocenters. The Bertz CT molecular complexity index is 1030. The number of aromatic nitrogens is 3. The summed E-state index contributed by atoms with van der Waals surface area (Å²) in [6.07, 6.45) is 7.68. The summed E-state index contributed by atoms with van der Waals surface area (Å²) in [6.45, 7) is 4.10. The Morgan fingerprint density at radius 3 is 3.03 bits per heavy atom. The van der Waals surface area contributed by atoms with Crippen LogP contribution in [0.2, 0.25) is 0 Å². The lowest BCUT2D eigenvalue weighted by molar-refractivity contribution is 0.0954. The smallest absolute Gasteiger partial charge is 0.256 e. The minimum Gasteiger partial charge on any atom is -0.373 e. The topological polar surface area (TPSA) is 86.9 Å². The van der Waals surface area contributed by atoms with Crippen LogP contribution < -0.4 is 15.5 Å². The summed E-state index contributed by atoms with van der Waals surface area (Å²) >= 11 is 0. The highest BCUT2D eigenvalue weighted by Crippen LogP contribution is 2.43. The quantitative estimate of drug-likeness (QED) is 0.710. The van der Waals surface area contributed by atoms with Gasteiger partial charge in [0.15, 0.2) is 5.65 Å². The van der Waals surface area contributed by atoms with Crippen molar-refractivity contribution in [1.82, 2.24) is 25.2 Å². The third-order valence-electron chi connectivity index (χ3n) is 6.22. The van der Waals surface area contributed by atoms with E-state index in [4.69, 9.17) is 4.98 Å². The molecule has 0 aliphatic carbocycles. The number of nitrogens with one attached hydrogen (secondary N) is 2. The van der Waals surface area contributed by atoms with Gasteiger partial charge < -0.3 is 15.5 Å². The molecule has 5 heterocycles. The number of aliphatic imine (C=N–C) groups is 1. The van der Waals surface area contributed by atoms with Gasteiger partial charge in [0.25, 0.3) is 5.91 Å². The number of rotatable bonds is 0. The van der Waals surface area contributed by atoms with Crippen molar-refractivity contribution in [1.29, 1.82) is 0 Å². The maximum Gasteiger partial charge on any atom is 0.256 e. The van der Waals surface area contributed by atoms with Crippen molar-refractivity contribution < 1.29 is 9.18 Å². The number of anilines is 1. The van der Waals surface area contributed by atoms with Crippen LogP contribution in [0.25, 0.3) is 5.65 Å². The Morgan fingerprint density at radius 2 is 2.14 bits per heavy atom. The van der Waals surface area contributed by atoms with E-state index in [-0.39, 0.29) is 17.8 Å². The van der Waals surface area contributed by atoms with Crippen molar-refractivity contribution in [2.75, 3.05) is 24.5 Å². The molecule has 2 N–H and O–H groups in total. The summed E-state index contributed by atoms with van der Waals surface area (Å²) in [5, 5.41) is 10.6. The van der Waals surface area contributed by atoms with E-state index in [0.717, 1.165) is 37.5 Å². The van der Waals surface area contributed by atoms with E-state index in [1.165, 1.54) is 6.20 Å². The molecule has 29 heavy (non-hydrogen) atoms. The summed E-state index contributed by atoms with van der Waals surface area (Å²) in [6, 6.07) is 1.97. The molecule has 1 saturated heterocycles. The zero-order valence-corrected chi connectivity index (χ0v) is 16.4. The van der Waals surface area contributed by atoms with Gasteiger partial charge in [-0.2, -0.15) is 5.10 Å². The first-order chi connectivity index (χ1) is 14.1. The molecular formula is C20H24FN7O. The van der Waals surface area contributed by atoms with Gasteiger partial charge in [0, 0.05) is 38.3 Å². The number of carbonyl (C=O) groups excluding carboxylic acids is 1. The van der Waals surface area contributed by atoms with E-state index in [0.29, 0.717) is 30.7 Å². The molecule has 0 aromatic carbocycles. The van der Waals surface area contributed by atoms with Crippen LogP contribution in [0.3, 0.4) is 0 Å². The highest BCUT2D eigenvalue weighted by molar-refractivity contribution is 5.99. The molecule has 0 saturated carbocycles. The first kappa shape index (κ1) is 18.1. The molecule has 5 rings (SSSR count). The fourth-order valence-electron chi connectivity index (χ4n) is 4.76. The first-order valence-corrected chi connectivity index (χ1v) is 10.1. The van der Waals surface area contributed by atoms with E-state index in [1.807, 2.05) is 12.3 Å². The molecule has 3 aliphatic heterocycles. The molecule has 2 aromatic rings. The monoisotopic (exact) mass is 397 g/mol. The Hall–Kier alpha value is -2.97. The molecule has 1 amide bonds. The number of fused-ring (bicyclic) bond motifs is 5. The van der Waals surface area contributed by atoms with Crippen LogP contribution in [0.15, 0.2) is 35.5 Å². The van der Waals surface area contributed by atoms with Crippen LogP contribution in [0, 0.1) is 5.41 Å². The van der Waals surface area contributed by atoms with Gasteiger partial charge in [0.1, 0.15) is 23.0 Å². The minimum absolute atomic E-state index is 0.0614. The molecule has 3 aliphatic rings. The highest BCUT2D eigenvalue weighted by atomic mass is 19.1. The van der Waals surface area contributed by atoms with Gasteiger partial charge >= 0.3 is 0 Å². The van der Waals surface area contributed by atoms with Crippen LogP contribution >= 0.6 is 0 Å². The standard InChI is InChI=1S/C20H24FN7O/c1-20-10-13(21)11-24-19(20)23-7-3-6-22-18(29)14-12-25-28-9-5-16(26-17(14)28)27-8-2-4-15(20)27/h5,9,11-12,15H,2-4,6-8,10H2,1H3,(H,22,29)(H,23,24)/t15-,20?/m1/s1. The number of nitrogens with zero attached hydrogens (tertiary/aromatic N) is 5. The molecule has 152 valence electrons. The van der Waals surface area contributed by atoms with Gasteiger partial charge in [-0.25, -0.2) is 18.9 Å². The van der Waals surface area contributed by atoms with Crippen molar-refractivity contribution in [2.24, 2.45) is 10.4 Å². The lowest BCUT2D eigenvalue weighted by Gasteiger charge is -2.42. The van der Waals surface area contributed by atoms with Crippen LogP contribution in [0.5, 0.6) is 0 Å². The highest BCUT2D eigenvalue weighted by Gasteiger charge is 2.47. The van der Waals surface area contributed by atoms with Crippen molar-refractivity contribution >= 4 is 23.2 Å². The summed E-state index contributed by atoms with van der Waals surface area (Å²) in [4.78, 5) is 24.0. The normalized spacial score (nSPS) is 27.4. The molecule has 0 radical (unpaired) electrons. The van der Waals surface area contributed by atoms with Crippen molar-refractivity contribution in [3.8, 4) is 0 Å². The van der Waals surface area contributed by atoms with Crippen LogP contribution in [0.1, 0.15) is 43.0 Å². The zero-order valence-electron chi connectivity index (χ0n) is 16.4. The summed E-state index contributed by atoms with van der Waals surface area (Å²) < 4.78 is 15.9. The average Bonchev–Trinajstić information content (AvgIpc) is 3.35. The minimum atomic E-state index is -0.473. The predicted octanol–water partition coefficient (Wildman–Crippen LogP) is 2.04. The van der Waals surface area contributed by atoms with E-state index >= 15 is 0 Å². The summed E-state index contributed by atoms with van der Waals surface area (Å²) in [5.74, 6) is 1.22. The van der Waals surface area contributed by atoms with Gasteiger partial charge in [0.05, 0.1) is 17.8 Å². The molecule has 1 fully saturated rings. The number of amides is 1. The second-order valence-corrected chi connectivity index (χ2v) is 8.15. The Morgan fingerprint density at radius 1 is 1.28 bits per heavy atom. The van der Waals surface area contributed by atoms with E-state index < -0.39 is 5.41 Å². The lowest BCUT2D eigenvalue weighted by atomic mass is 9.75. The van der Waals surface area contributed by atoms with Gasteiger partial charge in [-0.05, 0) is 25.3 Å². The maximum absolute atomic E-state index is 14.3. The van der Waals surface area contributed by atoms with Gasteiger partial charge in [-0.1, -0.05) is 6.92 Å². The van der Waals surface area contributed by atoms with Crippen LogP contribution in [-0.2, 0) is 0 Å². The number of hydrogen-bond acceptors (Lipinski definition) is 6. The fourth-order valence-corrected chi connectivity index (χ4v) is 4.76. The van der Waals surface area contributed by atoms with E-state index in [2.05, 4.69) is 32.5 Å². The second-order valence-electron chi connectivity index (χ2n) is 8.15. The van der Waals surface area contributed by atoms with Crippen LogP contribution in [-0.4, -0.2) is 52.0 Å². The molecule has 9 heteroatoms. The zero-order chi connectivity index (χ0) is 20.0. The number of hydrogen-bond donors (Lipinski definition) is 2. The molecule has 8 nitrogen and oxygen atoms in total. The fraction of sp³-hybridized carbons (Fsp3) is 0.500. The number of halogens is 1. The number of carbonyl (C=O) groups is 1.